The van der Waals surface area contributed by atoms with Gasteiger partial charge < -0.3 is 4.90 Å². The van der Waals surface area contributed by atoms with Gasteiger partial charge in [0.15, 0.2) is 0 Å². The van der Waals surface area contributed by atoms with Crippen molar-refractivity contribution in [1.82, 2.24) is 9.62 Å². The number of hydrogen-bond acceptors (Lipinski definition) is 4. The van der Waals surface area contributed by atoms with Crippen LogP contribution in [0.5, 0.6) is 0 Å². The second kappa shape index (κ2) is 9.58. The average Bonchev–Trinajstić information content (AvgIpc) is 2.81. The Balaban J connectivity index is 1.52. The summed E-state index contributed by atoms with van der Waals surface area (Å²) in [5.74, 6) is -3.60. The fraction of sp³-hybridized carbons (Fsp3) is 0.231. The van der Waals surface area contributed by atoms with Crippen molar-refractivity contribution in [2.24, 2.45) is 0 Å². The molecule has 0 spiro atoms. The number of nitrogens with zero attached hydrogens (tertiary/aromatic N) is 1. The quantitative estimate of drug-likeness (QED) is 0.536. The Morgan fingerprint density at radius 3 is 2.31 bits per heavy atom. The van der Waals surface area contributed by atoms with Gasteiger partial charge in [0.25, 0.3) is 21.8 Å². The number of benzene rings is 3. The zero-order valence-corrected chi connectivity index (χ0v) is 19.8. The molecule has 6 nitrogen and oxygen atoms in total. The first-order valence-corrected chi connectivity index (χ1v) is 12.6. The third-order valence-corrected chi connectivity index (χ3v) is 7.70. The lowest BCUT2D eigenvalue weighted by Gasteiger charge is -2.49. The lowest BCUT2D eigenvalue weighted by atomic mass is 9.84. The van der Waals surface area contributed by atoms with Crippen LogP contribution < -0.4 is 4.72 Å². The highest BCUT2D eigenvalue weighted by Gasteiger charge is 2.51. The summed E-state index contributed by atoms with van der Waals surface area (Å²) in [6.45, 7) is 1.73. The van der Waals surface area contributed by atoms with Gasteiger partial charge in [-0.3, -0.25) is 9.59 Å². The second-order valence-corrected chi connectivity index (χ2v) is 10.3. The van der Waals surface area contributed by atoms with Gasteiger partial charge in [0.1, 0.15) is 22.1 Å². The van der Waals surface area contributed by atoms with E-state index in [4.69, 9.17) is 0 Å². The van der Waals surface area contributed by atoms with Crippen LogP contribution in [0.2, 0.25) is 0 Å². The SMILES string of the molecule is CC1(C(=O)NS(=O)(=O)c2ccc(F)cc2F)CCN1C(=O)c1ccccc1CCc1ccccc1. The van der Waals surface area contributed by atoms with E-state index in [2.05, 4.69) is 0 Å². The third-order valence-electron chi connectivity index (χ3n) is 6.34. The van der Waals surface area contributed by atoms with Crippen LogP contribution in [-0.4, -0.2) is 37.2 Å². The standard InChI is InChI=1S/C26H24F2N2O4S/c1-26(25(32)29-35(33,34)23-14-13-20(27)17-22(23)28)15-16-30(26)24(31)21-10-6-5-9-19(21)12-11-18-7-3-2-4-8-18/h2-10,13-14,17H,11-12,15-16H2,1H3,(H,29,32). The summed E-state index contributed by atoms with van der Waals surface area (Å²) >= 11 is 0. The molecule has 0 radical (unpaired) electrons. The molecule has 1 saturated heterocycles. The lowest BCUT2D eigenvalue weighted by Crippen LogP contribution is -2.67. The molecule has 1 aliphatic heterocycles. The molecule has 2 amide bonds. The second-order valence-electron chi connectivity index (χ2n) is 8.63. The summed E-state index contributed by atoms with van der Waals surface area (Å²) < 4.78 is 54.2. The van der Waals surface area contributed by atoms with Crippen molar-refractivity contribution in [2.75, 3.05) is 6.54 Å². The van der Waals surface area contributed by atoms with Gasteiger partial charge in [-0.15, -0.1) is 0 Å². The molecule has 0 bridgehead atoms. The number of sulfonamides is 1. The first-order valence-electron chi connectivity index (χ1n) is 11.1. The molecular formula is C26H24F2N2O4S. The third kappa shape index (κ3) is 4.95. The minimum atomic E-state index is -4.61. The van der Waals surface area contributed by atoms with Crippen LogP contribution in [0.15, 0.2) is 77.7 Å². The van der Waals surface area contributed by atoms with Gasteiger partial charge in [-0.05, 0) is 55.5 Å². The summed E-state index contributed by atoms with van der Waals surface area (Å²) in [5.41, 5.74) is 0.945. The normalized spacial score (nSPS) is 17.5. The number of carbonyl (C=O) groups is 2. The molecule has 9 heteroatoms. The highest BCUT2D eigenvalue weighted by atomic mass is 32.2. The van der Waals surface area contributed by atoms with Gasteiger partial charge in [0.05, 0.1) is 0 Å². The molecule has 1 fully saturated rings. The van der Waals surface area contributed by atoms with Crippen molar-refractivity contribution in [1.29, 1.82) is 0 Å². The number of likely N-dealkylation sites (tertiary alicyclic amines) is 1. The zero-order valence-electron chi connectivity index (χ0n) is 19.0. The monoisotopic (exact) mass is 498 g/mol. The van der Waals surface area contributed by atoms with Crippen LogP contribution in [0, 0.1) is 11.6 Å². The molecular weight excluding hydrogens is 474 g/mol. The van der Waals surface area contributed by atoms with Crippen molar-refractivity contribution in [3.8, 4) is 0 Å². The molecule has 0 saturated carbocycles. The van der Waals surface area contributed by atoms with Crippen LogP contribution in [0.25, 0.3) is 0 Å². The Bertz CT molecular complexity index is 1380. The number of hydrogen-bond donors (Lipinski definition) is 1. The van der Waals surface area contributed by atoms with Crippen LogP contribution >= 0.6 is 0 Å². The van der Waals surface area contributed by atoms with E-state index in [-0.39, 0.29) is 18.9 Å². The number of amides is 2. The maximum atomic E-state index is 14.0. The largest absolute Gasteiger partial charge is 0.324 e. The first-order chi connectivity index (χ1) is 16.6. The number of carbonyl (C=O) groups excluding carboxylic acids is 2. The smallest absolute Gasteiger partial charge is 0.267 e. The summed E-state index contributed by atoms with van der Waals surface area (Å²) in [5, 5.41) is 0. The Morgan fingerprint density at radius 2 is 1.66 bits per heavy atom. The fourth-order valence-corrected chi connectivity index (χ4v) is 5.25. The molecule has 1 atom stereocenters. The minimum Gasteiger partial charge on any atom is -0.324 e. The van der Waals surface area contributed by atoms with Gasteiger partial charge in [0, 0.05) is 18.2 Å². The number of halogens is 2. The van der Waals surface area contributed by atoms with E-state index in [0.717, 1.165) is 29.7 Å². The maximum absolute atomic E-state index is 14.0. The van der Waals surface area contributed by atoms with Gasteiger partial charge in [-0.2, -0.15) is 0 Å². The molecule has 1 heterocycles. The van der Waals surface area contributed by atoms with E-state index in [0.29, 0.717) is 18.1 Å². The Kier molecular flexibility index (Phi) is 6.71. The van der Waals surface area contributed by atoms with Gasteiger partial charge in [-0.1, -0.05) is 48.5 Å². The van der Waals surface area contributed by atoms with Crippen LogP contribution in [0.3, 0.4) is 0 Å². The van der Waals surface area contributed by atoms with E-state index in [1.807, 2.05) is 47.2 Å². The average molecular weight is 499 g/mol. The van der Waals surface area contributed by atoms with Crippen molar-refractivity contribution in [2.45, 2.75) is 36.6 Å². The molecule has 0 aromatic heterocycles. The Hall–Kier alpha value is -3.59. The summed E-state index contributed by atoms with van der Waals surface area (Å²) in [6, 6.07) is 18.9. The minimum absolute atomic E-state index is 0.234. The topological polar surface area (TPSA) is 83.6 Å². The van der Waals surface area contributed by atoms with E-state index in [1.165, 1.54) is 11.8 Å². The van der Waals surface area contributed by atoms with Crippen molar-refractivity contribution in [3.05, 3.63) is 101 Å². The first kappa shape index (κ1) is 24.5. The predicted molar refractivity (Wildman–Crippen MR) is 126 cm³/mol. The van der Waals surface area contributed by atoms with E-state index < -0.39 is 38.0 Å². The van der Waals surface area contributed by atoms with Crippen molar-refractivity contribution >= 4 is 21.8 Å². The van der Waals surface area contributed by atoms with E-state index in [1.54, 1.807) is 12.1 Å². The van der Waals surface area contributed by atoms with Crippen LogP contribution in [0.4, 0.5) is 8.78 Å². The van der Waals surface area contributed by atoms with Gasteiger partial charge in [-0.25, -0.2) is 21.9 Å². The number of nitrogens with one attached hydrogen (secondary N) is 1. The van der Waals surface area contributed by atoms with Crippen LogP contribution in [0.1, 0.15) is 34.8 Å². The van der Waals surface area contributed by atoms with E-state index >= 15 is 0 Å². The highest BCUT2D eigenvalue weighted by Crippen LogP contribution is 2.33. The molecule has 1 unspecified atom stereocenters. The molecule has 1 N–H and O–H groups in total. The molecule has 0 aliphatic carbocycles. The molecule has 3 aromatic rings. The lowest BCUT2D eigenvalue weighted by molar-refractivity contribution is -0.135. The summed E-state index contributed by atoms with van der Waals surface area (Å²) in [4.78, 5) is 26.8. The zero-order chi connectivity index (χ0) is 25.2. The maximum Gasteiger partial charge on any atom is 0.267 e. The van der Waals surface area contributed by atoms with Crippen molar-refractivity contribution in [3.63, 3.8) is 0 Å². The van der Waals surface area contributed by atoms with Gasteiger partial charge >= 0.3 is 0 Å². The Labute approximate surface area is 202 Å². The summed E-state index contributed by atoms with van der Waals surface area (Å²) in [6.07, 6.45) is 1.57. The van der Waals surface area contributed by atoms with E-state index in [9.17, 15) is 26.8 Å². The molecule has 4 rings (SSSR count). The summed E-state index contributed by atoms with van der Waals surface area (Å²) in [7, 11) is -4.61. The number of rotatable bonds is 7. The molecule has 1 aliphatic rings. The molecule has 182 valence electrons. The number of aryl methyl sites for hydroxylation is 2. The van der Waals surface area contributed by atoms with Crippen molar-refractivity contribution < 1.29 is 26.8 Å². The van der Waals surface area contributed by atoms with Crippen LogP contribution in [-0.2, 0) is 27.7 Å². The highest BCUT2D eigenvalue weighted by molar-refractivity contribution is 7.90. The predicted octanol–water partition coefficient (Wildman–Crippen LogP) is 3.86. The Morgan fingerprint density at radius 1 is 0.971 bits per heavy atom. The fourth-order valence-electron chi connectivity index (χ4n) is 4.12. The molecule has 3 aromatic carbocycles. The molecule has 35 heavy (non-hydrogen) atoms. The van der Waals surface area contributed by atoms with Gasteiger partial charge in [0.2, 0.25) is 0 Å².